The molecule has 5 nitrogen and oxygen atoms in total. The minimum atomic E-state index is -3.54. The van der Waals surface area contributed by atoms with Crippen LogP contribution in [0.4, 0.5) is 0 Å². The molecule has 20 heavy (non-hydrogen) atoms. The van der Waals surface area contributed by atoms with Gasteiger partial charge in [-0.15, -0.1) is 0 Å². The summed E-state index contributed by atoms with van der Waals surface area (Å²) in [5.74, 6) is -1.30. The van der Waals surface area contributed by atoms with Crippen LogP contribution in [0.25, 0.3) is 6.08 Å². The lowest BCUT2D eigenvalue weighted by atomic mass is 10.1. The van der Waals surface area contributed by atoms with Crippen LogP contribution in [0.1, 0.15) is 24.8 Å². The molecule has 0 radical (unpaired) electrons. The van der Waals surface area contributed by atoms with E-state index < -0.39 is 21.9 Å². The zero-order valence-electron chi connectivity index (χ0n) is 10.9. The second kappa shape index (κ2) is 6.19. The van der Waals surface area contributed by atoms with Crippen LogP contribution in [0, 0.1) is 5.92 Å². The van der Waals surface area contributed by atoms with E-state index in [1.165, 1.54) is 6.08 Å². The molecule has 1 fully saturated rings. The van der Waals surface area contributed by atoms with Gasteiger partial charge in [-0.25, -0.2) is 13.1 Å². The molecule has 1 aliphatic carbocycles. The minimum Gasteiger partial charge on any atom is -0.481 e. The fourth-order valence-corrected chi connectivity index (χ4v) is 3.41. The third-order valence-corrected chi connectivity index (χ3v) is 4.51. The minimum absolute atomic E-state index is 0.290. The van der Waals surface area contributed by atoms with Gasteiger partial charge in [-0.1, -0.05) is 30.3 Å². The summed E-state index contributed by atoms with van der Waals surface area (Å²) in [4.78, 5) is 10.8. The zero-order valence-corrected chi connectivity index (χ0v) is 11.7. The van der Waals surface area contributed by atoms with Gasteiger partial charge in [-0.3, -0.25) is 4.79 Å². The standard InChI is InChI=1S/C14H17NO4S/c16-14(17)12-6-7-13(10-12)15-20(18,19)9-8-11-4-2-1-3-5-11/h1-5,8-9,12-13,15H,6-7,10H2,(H,16,17). The van der Waals surface area contributed by atoms with Gasteiger partial charge in [-0.05, 0) is 30.9 Å². The van der Waals surface area contributed by atoms with E-state index >= 15 is 0 Å². The molecule has 2 N–H and O–H groups in total. The van der Waals surface area contributed by atoms with Gasteiger partial charge >= 0.3 is 5.97 Å². The lowest BCUT2D eigenvalue weighted by molar-refractivity contribution is -0.141. The summed E-state index contributed by atoms with van der Waals surface area (Å²) in [6.45, 7) is 0. The van der Waals surface area contributed by atoms with Gasteiger partial charge in [0.2, 0.25) is 10.0 Å². The summed E-state index contributed by atoms with van der Waals surface area (Å²) in [5.41, 5.74) is 0.799. The van der Waals surface area contributed by atoms with Crippen molar-refractivity contribution in [2.24, 2.45) is 5.92 Å². The lowest BCUT2D eigenvalue weighted by Gasteiger charge is -2.10. The molecule has 6 heteroatoms. The van der Waals surface area contributed by atoms with Gasteiger partial charge in [0, 0.05) is 11.4 Å². The number of hydrogen-bond acceptors (Lipinski definition) is 3. The summed E-state index contributed by atoms with van der Waals surface area (Å²) in [7, 11) is -3.54. The second-order valence-electron chi connectivity index (χ2n) is 4.92. The number of carboxylic acids is 1. The summed E-state index contributed by atoms with van der Waals surface area (Å²) in [6.07, 6.45) is 2.96. The molecule has 0 heterocycles. The number of benzene rings is 1. The molecule has 0 aliphatic heterocycles. The van der Waals surface area contributed by atoms with Crippen molar-refractivity contribution in [1.82, 2.24) is 4.72 Å². The molecule has 2 atom stereocenters. The van der Waals surface area contributed by atoms with Crippen molar-refractivity contribution in [2.75, 3.05) is 0 Å². The normalized spacial score (nSPS) is 23.2. The summed E-state index contributed by atoms with van der Waals surface area (Å²) < 4.78 is 26.3. The maximum absolute atomic E-state index is 11.9. The highest BCUT2D eigenvalue weighted by atomic mass is 32.2. The Morgan fingerprint density at radius 2 is 1.95 bits per heavy atom. The summed E-state index contributed by atoms with van der Waals surface area (Å²) in [6, 6.07) is 8.84. The predicted octanol–water partition coefficient (Wildman–Crippen LogP) is 1.83. The number of sulfonamides is 1. The molecular weight excluding hydrogens is 278 g/mol. The van der Waals surface area contributed by atoms with E-state index in [-0.39, 0.29) is 6.04 Å². The van der Waals surface area contributed by atoms with E-state index in [4.69, 9.17) is 5.11 Å². The first kappa shape index (κ1) is 14.7. The second-order valence-corrected chi connectivity index (χ2v) is 6.52. The Balaban J connectivity index is 1.95. The molecule has 0 aromatic heterocycles. The van der Waals surface area contributed by atoms with Crippen LogP contribution in [-0.4, -0.2) is 25.5 Å². The SMILES string of the molecule is O=C(O)C1CCC(NS(=O)(=O)C=Cc2ccccc2)C1. The fourth-order valence-electron chi connectivity index (χ4n) is 2.32. The summed E-state index contributed by atoms with van der Waals surface area (Å²) in [5, 5.41) is 10.0. The van der Waals surface area contributed by atoms with Crippen LogP contribution in [0.5, 0.6) is 0 Å². The Hall–Kier alpha value is -1.66. The van der Waals surface area contributed by atoms with Crippen molar-refractivity contribution < 1.29 is 18.3 Å². The third kappa shape index (κ3) is 4.18. The average Bonchev–Trinajstić information content (AvgIpc) is 2.86. The average molecular weight is 295 g/mol. The van der Waals surface area contributed by atoms with Crippen LogP contribution in [0.2, 0.25) is 0 Å². The van der Waals surface area contributed by atoms with Crippen LogP contribution in [-0.2, 0) is 14.8 Å². The number of carbonyl (C=O) groups is 1. The van der Waals surface area contributed by atoms with Crippen LogP contribution >= 0.6 is 0 Å². The van der Waals surface area contributed by atoms with Gasteiger partial charge in [0.1, 0.15) is 0 Å². The van der Waals surface area contributed by atoms with E-state index in [9.17, 15) is 13.2 Å². The molecule has 0 spiro atoms. The summed E-state index contributed by atoms with van der Waals surface area (Å²) >= 11 is 0. The van der Waals surface area contributed by atoms with Gasteiger partial charge in [0.15, 0.2) is 0 Å². The third-order valence-electron chi connectivity index (χ3n) is 3.35. The van der Waals surface area contributed by atoms with Crippen LogP contribution in [0.15, 0.2) is 35.7 Å². The molecule has 108 valence electrons. The number of hydrogen-bond donors (Lipinski definition) is 2. The number of aliphatic carboxylic acids is 1. The molecule has 1 saturated carbocycles. The molecule has 1 aliphatic rings. The van der Waals surface area contributed by atoms with Crippen molar-refractivity contribution in [3.63, 3.8) is 0 Å². The van der Waals surface area contributed by atoms with Gasteiger partial charge in [0.25, 0.3) is 0 Å². The molecule has 1 aromatic rings. The quantitative estimate of drug-likeness (QED) is 0.868. The van der Waals surface area contributed by atoms with Crippen molar-refractivity contribution in [3.05, 3.63) is 41.3 Å². The van der Waals surface area contributed by atoms with Gasteiger partial charge in [-0.2, -0.15) is 0 Å². The predicted molar refractivity (Wildman–Crippen MR) is 76.3 cm³/mol. The highest BCUT2D eigenvalue weighted by Crippen LogP contribution is 2.26. The van der Waals surface area contributed by atoms with Crippen LogP contribution in [0.3, 0.4) is 0 Å². The highest BCUT2D eigenvalue weighted by Gasteiger charge is 2.31. The molecule has 0 saturated heterocycles. The molecule has 0 amide bonds. The van der Waals surface area contributed by atoms with E-state index in [2.05, 4.69) is 4.72 Å². The first-order chi connectivity index (χ1) is 9.46. The monoisotopic (exact) mass is 295 g/mol. The Bertz CT molecular complexity index is 595. The van der Waals surface area contributed by atoms with E-state index in [0.717, 1.165) is 11.0 Å². The number of rotatable bonds is 5. The van der Waals surface area contributed by atoms with E-state index in [1.807, 2.05) is 30.3 Å². The molecule has 2 rings (SSSR count). The Kier molecular flexibility index (Phi) is 4.57. The first-order valence-electron chi connectivity index (χ1n) is 6.44. The number of nitrogens with one attached hydrogen (secondary N) is 1. The smallest absolute Gasteiger partial charge is 0.306 e. The maximum Gasteiger partial charge on any atom is 0.306 e. The van der Waals surface area contributed by atoms with Crippen molar-refractivity contribution in [2.45, 2.75) is 25.3 Å². The van der Waals surface area contributed by atoms with E-state index in [0.29, 0.717) is 19.3 Å². The van der Waals surface area contributed by atoms with Gasteiger partial charge < -0.3 is 5.11 Å². The fraction of sp³-hybridized carbons (Fsp3) is 0.357. The lowest BCUT2D eigenvalue weighted by Crippen LogP contribution is -2.31. The maximum atomic E-state index is 11.9. The van der Waals surface area contributed by atoms with Crippen molar-refractivity contribution in [1.29, 1.82) is 0 Å². The largest absolute Gasteiger partial charge is 0.481 e. The van der Waals surface area contributed by atoms with Crippen molar-refractivity contribution in [3.8, 4) is 0 Å². The molecule has 0 bridgehead atoms. The molecule has 2 unspecified atom stereocenters. The zero-order chi connectivity index (χ0) is 14.6. The Morgan fingerprint density at radius 3 is 2.55 bits per heavy atom. The van der Waals surface area contributed by atoms with Crippen molar-refractivity contribution >= 4 is 22.1 Å². The van der Waals surface area contributed by atoms with Crippen LogP contribution < -0.4 is 4.72 Å². The highest BCUT2D eigenvalue weighted by molar-refractivity contribution is 7.92. The Labute approximate surface area is 118 Å². The van der Waals surface area contributed by atoms with E-state index in [1.54, 1.807) is 0 Å². The molecule has 1 aromatic carbocycles. The first-order valence-corrected chi connectivity index (χ1v) is 7.99. The van der Waals surface area contributed by atoms with Gasteiger partial charge in [0.05, 0.1) is 5.92 Å². The molecular formula is C14H17NO4S. The Morgan fingerprint density at radius 1 is 1.25 bits per heavy atom. The topological polar surface area (TPSA) is 83.5 Å². The number of carboxylic acid groups (broad SMARTS) is 1.